The highest BCUT2D eigenvalue weighted by molar-refractivity contribution is 5.63. The van der Waals surface area contributed by atoms with Crippen molar-refractivity contribution >= 4 is 5.69 Å². The second-order valence-electron chi connectivity index (χ2n) is 6.07. The van der Waals surface area contributed by atoms with Gasteiger partial charge in [-0.1, -0.05) is 13.3 Å². The van der Waals surface area contributed by atoms with E-state index in [0.717, 1.165) is 44.8 Å². The van der Waals surface area contributed by atoms with Crippen LogP contribution in [0.2, 0.25) is 0 Å². The molecule has 3 nitrogen and oxygen atoms in total. The van der Waals surface area contributed by atoms with Crippen LogP contribution in [0.5, 0.6) is 5.75 Å². The van der Waals surface area contributed by atoms with Gasteiger partial charge in [0.1, 0.15) is 11.9 Å². The van der Waals surface area contributed by atoms with E-state index in [9.17, 15) is 0 Å². The van der Waals surface area contributed by atoms with Gasteiger partial charge in [-0.25, -0.2) is 0 Å². The maximum absolute atomic E-state index is 6.09. The summed E-state index contributed by atoms with van der Waals surface area (Å²) in [7, 11) is 0. The van der Waals surface area contributed by atoms with Gasteiger partial charge in [-0.05, 0) is 62.5 Å². The third-order valence-corrected chi connectivity index (χ3v) is 4.35. The Morgan fingerprint density at radius 3 is 2.75 bits per heavy atom. The number of hydrogen-bond donors (Lipinski definition) is 1. The van der Waals surface area contributed by atoms with Gasteiger partial charge in [0.05, 0.1) is 12.2 Å². The second kappa shape index (κ2) is 6.04. The quantitative estimate of drug-likeness (QED) is 0.917. The van der Waals surface area contributed by atoms with Crippen molar-refractivity contribution in [3.63, 3.8) is 0 Å². The number of benzene rings is 1. The summed E-state index contributed by atoms with van der Waals surface area (Å²) < 4.78 is 6.09. The lowest BCUT2D eigenvalue weighted by molar-refractivity contribution is 0.212. The molecule has 2 aliphatic heterocycles. The Balaban J connectivity index is 1.93. The molecule has 3 rings (SSSR count). The van der Waals surface area contributed by atoms with Crippen molar-refractivity contribution in [2.75, 3.05) is 31.1 Å². The van der Waals surface area contributed by atoms with Gasteiger partial charge in [-0.15, -0.1) is 0 Å². The molecule has 20 heavy (non-hydrogen) atoms. The maximum Gasteiger partial charge on any atom is 0.143 e. The fraction of sp³-hybridized carbons (Fsp3) is 0.647. The molecule has 0 radical (unpaired) electrons. The average Bonchev–Trinajstić information content (AvgIpc) is 2.67. The molecular formula is C17H26N2O. The Kier molecular flexibility index (Phi) is 4.16. The number of hydrogen-bond acceptors (Lipinski definition) is 3. The third kappa shape index (κ3) is 2.78. The first-order chi connectivity index (χ1) is 9.78. The molecule has 0 bridgehead atoms. The van der Waals surface area contributed by atoms with Crippen molar-refractivity contribution in [3.8, 4) is 5.75 Å². The highest BCUT2D eigenvalue weighted by Gasteiger charge is 2.24. The number of anilines is 1. The summed E-state index contributed by atoms with van der Waals surface area (Å²) in [5.74, 6) is 1.10. The lowest BCUT2D eigenvalue weighted by Gasteiger charge is -2.36. The van der Waals surface area contributed by atoms with E-state index in [1.807, 2.05) is 0 Å². The van der Waals surface area contributed by atoms with Crippen molar-refractivity contribution in [1.82, 2.24) is 5.32 Å². The number of unbranched alkanes of at least 4 members (excludes halogenated alkanes) is 1. The van der Waals surface area contributed by atoms with Crippen molar-refractivity contribution < 1.29 is 4.74 Å². The fourth-order valence-electron chi connectivity index (χ4n) is 3.26. The van der Waals surface area contributed by atoms with Crippen LogP contribution in [0, 0.1) is 0 Å². The van der Waals surface area contributed by atoms with E-state index in [0.29, 0.717) is 6.10 Å². The SMILES string of the molecule is CCCCN1CC(C)Oc2cc3c(cc21)CCNCC3. The van der Waals surface area contributed by atoms with Crippen LogP contribution in [-0.4, -0.2) is 32.3 Å². The van der Waals surface area contributed by atoms with Crippen LogP contribution in [0.4, 0.5) is 5.69 Å². The molecule has 0 amide bonds. The van der Waals surface area contributed by atoms with Crippen LogP contribution >= 0.6 is 0 Å². The summed E-state index contributed by atoms with van der Waals surface area (Å²) in [5.41, 5.74) is 4.30. The number of nitrogens with one attached hydrogen (secondary N) is 1. The van der Waals surface area contributed by atoms with Gasteiger partial charge >= 0.3 is 0 Å². The molecule has 0 saturated heterocycles. The Bertz CT molecular complexity index is 472. The fourth-order valence-corrected chi connectivity index (χ4v) is 3.26. The minimum atomic E-state index is 0.293. The molecule has 2 aliphatic rings. The van der Waals surface area contributed by atoms with E-state index in [4.69, 9.17) is 4.74 Å². The largest absolute Gasteiger partial charge is 0.487 e. The standard InChI is InChI=1S/C17H26N2O/c1-3-4-9-19-12-13(2)20-17-11-15-6-8-18-7-5-14(15)10-16(17)19/h10-11,13,18H,3-9,12H2,1-2H3. The summed E-state index contributed by atoms with van der Waals surface area (Å²) >= 11 is 0. The van der Waals surface area contributed by atoms with E-state index in [1.165, 1.54) is 29.7 Å². The van der Waals surface area contributed by atoms with Crippen molar-refractivity contribution in [1.29, 1.82) is 0 Å². The molecule has 3 heteroatoms. The van der Waals surface area contributed by atoms with Gasteiger partial charge in [-0.3, -0.25) is 0 Å². The molecule has 0 spiro atoms. The second-order valence-corrected chi connectivity index (χ2v) is 6.07. The highest BCUT2D eigenvalue weighted by atomic mass is 16.5. The van der Waals surface area contributed by atoms with Gasteiger partial charge < -0.3 is 15.0 Å². The monoisotopic (exact) mass is 274 g/mol. The number of nitrogens with zero attached hydrogens (tertiary/aromatic N) is 1. The Hall–Kier alpha value is -1.22. The molecule has 0 aromatic heterocycles. The normalized spacial score (nSPS) is 21.7. The van der Waals surface area contributed by atoms with Gasteiger partial charge in [0.2, 0.25) is 0 Å². The Morgan fingerprint density at radius 1 is 1.25 bits per heavy atom. The van der Waals surface area contributed by atoms with Gasteiger partial charge in [0.15, 0.2) is 0 Å². The van der Waals surface area contributed by atoms with Gasteiger partial charge in [0.25, 0.3) is 0 Å². The zero-order valence-corrected chi connectivity index (χ0v) is 12.7. The molecule has 110 valence electrons. The van der Waals surface area contributed by atoms with Gasteiger partial charge in [0, 0.05) is 6.54 Å². The predicted molar refractivity (Wildman–Crippen MR) is 83.9 cm³/mol. The molecular weight excluding hydrogens is 248 g/mol. The zero-order valence-electron chi connectivity index (χ0n) is 12.7. The number of fused-ring (bicyclic) bond motifs is 2. The lowest BCUT2D eigenvalue weighted by Crippen LogP contribution is -2.39. The van der Waals surface area contributed by atoms with Crippen LogP contribution in [0.15, 0.2) is 12.1 Å². The third-order valence-electron chi connectivity index (χ3n) is 4.35. The van der Waals surface area contributed by atoms with Crippen LogP contribution in [-0.2, 0) is 12.8 Å². The summed E-state index contributed by atoms with van der Waals surface area (Å²) in [4.78, 5) is 2.52. The van der Waals surface area contributed by atoms with Crippen LogP contribution in [0.1, 0.15) is 37.8 Å². The minimum absolute atomic E-state index is 0.293. The van der Waals surface area contributed by atoms with Crippen molar-refractivity contribution in [2.24, 2.45) is 0 Å². The van der Waals surface area contributed by atoms with Crippen LogP contribution in [0.25, 0.3) is 0 Å². The van der Waals surface area contributed by atoms with E-state index in [2.05, 4.69) is 36.2 Å². The highest BCUT2D eigenvalue weighted by Crippen LogP contribution is 2.37. The molecule has 1 N–H and O–H groups in total. The topological polar surface area (TPSA) is 24.5 Å². The first-order valence-electron chi connectivity index (χ1n) is 8.06. The van der Waals surface area contributed by atoms with E-state index in [-0.39, 0.29) is 0 Å². The molecule has 1 aromatic carbocycles. The molecule has 0 aliphatic carbocycles. The lowest BCUT2D eigenvalue weighted by atomic mass is 10.00. The van der Waals surface area contributed by atoms with Crippen LogP contribution in [0.3, 0.4) is 0 Å². The van der Waals surface area contributed by atoms with Crippen molar-refractivity contribution in [2.45, 2.75) is 45.6 Å². The molecule has 1 aromatic rings. The average molecular weight is 274 g/mol. The Labute approximate surface area is 122 Å². The van der Waals surface area contributed by atoms with E-state index < -0.39 is 0 Å². The van der Waals surface area contributed by atoms with Crippen molar-refractivity contribution in [3.05, 3.63) is 23.3 Å². The summed E-state index contributed by atoms with van der Waals surface area (Å²) in [6.07, 6.45) is 5.05. The molecule has 1 unspecified atom stereocenters. The maximum atomic E-state index is 6.09. The summed E-state index contributed by atoms with van der Waals surface area (Å²) in [6.45, 7) is 8.78. The molecule has 0 fully saturated rings. The van der Waals surface area contributed by atoms with E-state index in [1.54, 1.807) is 0 Å². The number of rotatable bonds is 3. The minimum Gasteiger partial charge on any atom is -0.487 e. The Morgan fingerprint density at radius 2 is 2.00 bits per heavy atom. The predicted octanol–water partition coefficient (Wildman–Crippen LogP) is 2.76. The first-order valence-corrected chi connectivity index (χ1v) is 8.06. The van der Waals surface area contributed by atoms with Gasteiger partial charge in [-0.2, -0.15) is 0 Å². The molecule has 1 atom stereocenters. The summed E-state index contributed by atoms with van der Waals surface area (Å²) in [5, 5.41) is 3.48. The smallest absolute Gasteiger partial charge is 0.143 e. The van der Waals surface area contributed by atoms with Crippen LogP contribution < -0.4 is 15.0 Å². The molecule has 2 heterocycles. The molecule has 0 saturated carbocycles. The van der Waals surface area contributed by atoms with E-state index >= 15 is 0 Å². The zero-order chi connectivity index (χ0) is 13.9. The number of ether oxygens (including phenoxy) is 1. The summed E-state index contributed by atoms with van der Waals surface area (Å²) in [6, 6.07) is 4.69. The first kappa shape index (κ1) is 13.7.